The molecule has 3 unspecified atom stereocenters. The van der Waals surface area contributed by atoms with Crippen LogP contribution < -0.4 is 5.73 Å². The predicted octanol–water partition coefficient (Wildman–Crippen LogP) is 1.08. The maximum atomic E-state index is 9.15. The summed E-state index contributed by atoms with van der Waals surface area (Å²) in [4.78, 5) is 0. The van der Waals surface area contributed by atoms with Gasteiger partial charge in [-0.1, -0.05) is 13.8 Å². The summed E-state index contributed by atoms with van der Waals surface area (Å²) in [6, 6.07) is 0. The fourth-order valence-electron chi connectivity index (χ4n) is 0.523. The minimum absolute atomic E-state index is 0.218. The molecule has 0 heterocycles. The highest BCUT2D eigenvalue weighted by Gasteiger charge is 2.10. The van der Waals surface area contributed by atoms with Gasteiger partial charge in [0.05, 0.1) is 6.10 Å². The minimum Gasteiger partial charge on any atom is -0.392 e. The first-order valence-corrected chi connectivity index (χ1v) is 5.12. The smallest absolute Gasteiger partial charge is 0.0627 e. The van der Waals surface area contributed by atoms with E-state index in [1.165, 1.54) is 0 Å². The van der Waals surface area contributed by atoms with Crippen molar-refractivity contribution in [2.45, 2.75) is 32.1 Å². The molecule has 0 rings (SSSR count). The molecule has 68 valence electrons. The molecule has 0 aliphatic rings. The number of hydrogen-bond donors (Lipinski definition) is 2. The Morgan fingerprint density at radius 2 is 1.91 bits per heavy atom. The maximum absolute atomic E-state index is 9.15. The van der Waals surface area contributed by atoms with Gasteiger partial charge in [0.1, 0.15) is 0 Å². The fourth-order valence-corrected chi connectivity index (χ4v) is 1.57. The fraction of sp³-hybridized carbons (Fsp3) is 1.00. The van der Waals surface area contributed by atoms with Crippen LogP contribution in [0.15, 0.2) is 0 Å². The van der Waals surface area contributed by atoms with Gasteiger partial charge in [-0.05, 0) is 25.1 Å². The molecule has 3 atom stereocenters. The number of aliphatic hydroxyl groups excluding tert-OH is 1. The van der Waals surface area contributed by atoms with Crippen LogP contribution in [0.4, 0.5) is 0 Å². The average Bonchev–Trinajstić information content (AvgIpc) is 1.99. The van der Waals surface area contributed by atoms with E-state index in [0.717, 1.165) is 12.3 Å². The van der Waals surface area contributed by atoms with E-state index in [-0.39, 0.29) is 6.10 Å². The third kappa shape index (κ3) is 5.53. The minimum atomic E-state index is -0.218. The number of nitrogens with two attached hydrogens (primary N) is 1. The molecule has 3 heteroatoms. The lowest BCUT2D eigenvalue weighted by molar-refractivity contribution is 0.196. The first kappa shape index (κ1) is 11.3. The number of hydrogen-bond acceptors (Lipinski definition) is 3. The molecule has 2 nitrogen and oxygen atoms in total. The summed E-state index contributed by atoms with van der Waals surface area (Å²) in [6.45, 7) is 6.73. The van der Waals surface area contributed by atoms with E-state index in [0.29, 0.717) is 11.2 Å². The van der Waals surface area contributed by atoms with Gasteiger partial charge in [-0.3, -0.25) is 0 Å². The van der Waals surface area contributed by atoms with Gasteiger partial charge >= 0.3 is 0 Å². The van der Waals surface area contributed by atoms with Crippen LogP contribution in [0, 0.1) is 5.92 Å². The molecule has 0 aromatic carbocycles. The Morgan fingerprint density at radius 1 is 1.36 bits per heavy atom. The van der Waals surface area contributed by atoms with Gasteiger partial charge in [-0.2, -0.15) is 11.8 Å². The van der Waals surface area contributed by atoms with Crippen LogP contribution in [0.1, 0.15) is 20.8 Å². The second-order valence-corrected chi connectivity index (χ2v) is 4.53. The van der Waals surface area contributed by atoms with Crippen molar-refractivity contribution in [3.63, 3.8) is 0 Å². The molecule has 0 aliphatic carbocycles. The number of aliphatic hydroxyl groups is 1. The van der Waals surface area contributed by atoms with Crippen molar-refractivity contribution in [2.75, 3.05) is 12.3 Å². The molecular formula is C8H19NOS. The van der Waals surface area contributed by atoms with E-state index in [9.17, 15) is 0 Å². The molecule has 3 N–H and O–H groups in total. The summed E-state index contributed by atoms with van der Waals surface area (Å²) >= 11 is 1.79. The topological polar surface area (TPSA) is 46.2 Å². The predicted molar refractivity (Wildman–Crippen MR) is 51.8 cm³/mol. The molecule has 0 aromatic rings. The largest absolute Gasteiger partial charge is 0.392 e. The van der Waals surface area contributed by atoms with Crippen molar-refractivity contribution in [3.8, 4) is 0 Å². The zero-order valence-electron chi connectivity index (χ0n) is 7.58. The third-order valence-electron chi connectivity index (χ3n) is 1.73. The summed E-state index contributed by atoms with van der Waals surface area (Å²) in [7, 11) is 0. The Balaban J connectivity index is 3.37. The lowest BCUT2D eigenvalue weighted by Gasteiger charge is -2.16. The van der Waals surface area contributed by atoms with E-state index in [1.807, 2.05) is 13.8 Å². The monoisotopic (exact) mass is 177 g/mol. The summed E-state index contributed by atoms with van der Waals surface area (Å²) in [5.74, 6) is 1.60. The quantitative estimate of drug-likeness (QED) is 0.660. The van der Waals surface area contributed by atoms with Gasteiger partial charge < -0.3 is 10.8 Å². The molecular weight excluding hydrogens is 158 g/mol. The summed E-state index contributed by atoms with van der Waals surface area (Å²) in [5, 5.41) is 9.48. The van der Waals surface area contributed by atoms with Gasteiger partial charge in [0, 0.05) is 5.25 Å². The van der Waals surface area contributed by atoms with Crippen molar-refractivity contribution in [1.29, 1.82) is 0 Å². The van der Waals surface area contributed by atoms with E-state index in [1.54, 1.807) is 11.8 Å². The highest BCUT2D eigenvalue weighted by Crippen LogP contribution is 2.16. The standard InChI is InChI=1S/C8H19NOS/c1-6(4-9)5-11-8(3)7(2)10/h6-8,10H,4-5,9H2,1-3H3. The Kier molecular flexibility index (Phi) is 6.01. The summed E-state index contributed by atoms with van der Waals surface area (Å²) in [5.41, 5.74) is 5.46. The lowest BCUT2D eigenvalue weighted by atomic mass is 10.2. The molecule has 0 bridgehead atoms. The Morgan fingerprint density at radius 3 is 2.27 bits per heavy atom. The van der Waals surface area contributed by atoms with Crippen LogP contribution in [0.2, 0.25) is 0 Å². The molecule has 11 heavy (non-hydrogen) atoms. The van der Waals surface area contributed by atoms with Crippen LogP contribution in [-0.4, -0.2) is 28.8 Å². The van der Waals surface area contributed by atoms with Crippen molar-refractivity contribution >= 4 is 11.8 Å². The molecule has 0 radical (unpaired) electrons. The summed E-state index contributed by atoms with van der Waals surface area (Å²) in [6.07, 6.45) is -0.218. The Bertz CT molecular complexity index is 98.1. The van der Waals surface area contributed by atoms with Gasteiger partial charge in [0.2, 0.25) is 0 Å². The van der Waals surface area contributed by atoms with Crippen LogP contribution >= 0.6 is 11.8 Å². The van der Waals surface area contributed by atoms with E-state index >= 15 is 0 Å². The normalized spacial score (nSPS) is 19.4. The zero-order chi connectivity index (χ0) is 8.85. The molecule has 0 spiro atoms. The van der Waals surface area contributed by atoms with Crippen LogP contribution in [0.3, 0.4) is 0 Å². The molecule has 0 fully saturated rings. The van der Waals surface area contributed by atoms with Gasteiger partial charge in [-0.25, -0.2) is 0 Å². The number of rotatable bonds is 5. The van der Waals surface area contributed by atoms with Crippen LogP contribution in [0.25, 0.3) is 0 Å². The highest BCUT2D eigenvalue weighted by molar-refractivity contribution is 7.99. The lowest BCUT2D eigenvalue weighted by Crippen LogP contribution is -2.19. The molecule has 0 aliphatic heterocycles. The Labute approximate surface area is 73.6 Å². The van der Waals surface area contributed by atoms with Crippen LogP contribution in [0.5, 0.6) is 0 Å². The Hall–Kier alpha value is 0.270. The molecule has 0 aromatic heterocycles. The van der Waals surface area contributed by atoms with Crippen molar-refractivity contribution in [2.24, 2.45) is 11.7 Å². The van der Waals surface area contributed by atoms with E-state index < -0.39 is 0 Å². The summed E-state index contributed by atoms with van der Waals surface area (Å²) < 4.78 is 0. The highest BCUT2D eigenvalue weighted by atomic mass is 32.2. The SMILES string of the molecule is CC(CN)CSC(C)C(C)O. The van der Waals surface area contributed by atoms with Crippen molar-refractivity contribution in [1.82, 2.24) is 0 Å². The average molecular weight is 177 g/mol. The third-order valence-corrected chi connectivity index (χ3v) is 3.41. The van der Waals surface area contributed by atoms with E-state index in [2.05, 4.69) is 6.92 Å². The zero-order valence-corrected chi connectivity index (χ0v) is 8.40. The first-order valence-electron chi connectivity index (χ1n) is 4.07. The van der Waals surface area contributed by atoms with E-state index in [4.69, 9.17) is 10.8 Å². The van der Waals surface area contributed by atoms with Crippen molar-refractivity contribution in [3.05, 3.63) is 0 Å². The first-order chi connectivity index (χ1) is 5.07. The van der Waals surface area contributed by atoms with Crippen molar-refractivity contribution < 1.29 is 5.11 Å². The van der Waals surface area contributed by atoms with Gasteiger partial charge in [0.25, 0.3) is 0 Å². The molecule has 0 amide bonds. The number of thioether (sulfide) groups is 1. The van der Waals surface area contributed by atoms with Gasteiger partial charge in [0.15, 0.2) is 0 Å². The molecule has 0 saturated carbocycles. The molecule has 0 saturated heterocycles. The van der Waals surface area contributed by atoms with Gasteiger partial charge in [-0.15, -0.1) is 0 Å². The second kappa shape index (κ2) is 5.86. The van der Waals surface area contributed by atoms with Crippen LogP contribution in [-0.2, 0) is 0 Å². The second-order valence-electron chi connectivity index (χ2n) is 3.12. The maximum Gasteiger partial charge on any atom is 0.0627 e.